The number of rotatable bonds is 1. The largest absolute Gasteiger partial charge is 0.378 e. The molecule has 2 rings (SSSR count). The maximum atomic E-state index is 13.5. The van der Waals surface area contributed by atoms with Crippen molar-refractivity contribution >= 4 is 33.2 Å². The molecule has 1 saturated heterocycles. The summed E-state index contributed by atoms with van der Waals surface area (Å²) < 4.78 is 19.1. The van der Waals surface area contributed by atoms with Crippen LogP contribution in [-0.4, -0.2) is 26.3 Å². The van der Waals surface area contributed by atoms with Gasteiger partial charge in [-0.15, -0.1) is 0 Å². The molecule has 1 aromatic rings. The lowest BCUT2D eigenvalue weighted by molar-refractivity contribution is 0.122. The Balaban J connectivity index is 2.31. The summed E-state index contributed by atoms with van der Waals surface area (Å²) in [4.78, 5) is 2.03. The molecule has 1 heterocycles. The zero-order valence-corrected chi connectivity index (χ0v) is 10.3. The van der Waals surface area contributed by atoms with Crippen molar-refractivity contribution in [3.05, 3.63) is 27.4 Å². The molecule has 82 valence electrons. The fourth-order valence-electron chi connectivity index (χ4n) is 1.56. The van der Waals surface area contributed by atoms with E-state index in [0.717, 1.165) is 18.8 Å². The van der Waals surface area contributed by atoms with Crippen molar-refractivity contribution < 1.29 is 9.13 Å². The molecule has 0 saturated carbocycles. The highest BCUT2D eigenvalue weighted by molar-refractivity contribution is 9.10. The molecular weight excluding hydrogens is 284 g/mol. The quantitative estimate of drug-likeness (QED) is 0.738. The first-order valence-electron chi connectivity index (χ1n) is 4.66. The zero-order valence-electron chi connectivity index (χ0n) is 7.97. The predicted octanol–water partition coefficient (Wildman–Crippen LogP) is 3.08. The molecular formula is C10H10BrClFNO. The van der Waals surface area contributed by atoms with Crippen molar-refractivity contribution in [3.63, 3.8) is 0 Å². The Kier molecular flexibility index (Phi) is 3.49. The lowest BCUT2D eigenvalue weighted by atomic mass is 10.2. The van der Waals surface area contributed by atoms with Crippen LogP contribution in [0, 0.1) is 5.82 Å². The normalized spacial score (nSPS) is 16.9. The Morgan fingerprint density at radius 2 is 2.00 bits per heavy atom. The van der Waals surface area contributed by atoms with Crippen LogP contribution in [0.4, 0.5) is 10.1 Å². The molecule has 0 aromatic heterocycles. The molecule has 0 radical (unpaired) electrons. The fraction of sp³-hybridized carbons (Fsp3) is 0.400. The lowest BCUT2D eigenvalue weighted by Crippen LogP contribution is -2.36. The Labute approximate surface area is 101 Å². The third-order valence-electron chi connectivity index (χ3n) is 2.37. The number of nitrogens with zero attached hydrogens (tertiary/aromatic N) is 1. The predicted molar refractivity (Wildman–Crippen MR) is 62.1 cm³/mol. The van der Waals surface area contributed by atoms with E-state index in [-0.39, 0.29) is 5.02 Å². The van der Waals surface area contributed by atoms with Crippen molar-refractivity contribution in [2.24, 2.45) is 0 Å². The molecule has 0 atom stereocenters. The maximum Gasteiger partial charge on any atom is 0.158 e. The summed E-state index contributed by atoms with van der Waals surface area (Å²) in [6, 6.07) is 3.49. The lowest BCUT2D eigenvalue weighted by Gasteiger charge is -2.29. The van der Waals surface area contributed by atoms with E-state index in [2.05, 4.69) is 15.9 Å². The van der Waals surface area contributed by atoms with Gasteiger partial charge in [0.15, 0.2) is 5.82 Å². The number of benzene rings is 1. The van der Waals surface area contributed by atoms with E-state index in [9.17, 15) is 4.39 Å². The van der Waals surface area contributed by atoms with Gasteiger partial charge in [0.2, 0.25) is 0 Å². The summed E-state index contributed by atoms with van der Waals surface area (Å²) >= 11 is 9.05. The van der Waals surface area contributed by atoms with Gasteiger partial charge >= 0.3 is 0 Å². The number of morpholine rings is 1. The molecule has 1 aliphatic heterocycles. The fourth-order valence-corrected chi connectivity index (χ4v) is 2.29. The van der Waals surface area contributed by atoms with Crippen LogP contribution in [0.3, 0.4) is 0 Å². The van der Waals surface area contributed by atoms with Gasteiger partial charge in [0, 0.05) is 13.1 Å². The summed E-state index contributed by atoms with van der Waals surface area (Å²) in [5.74, 6) is -0.402. The first-order valence-corrected chi connectivity index (χ1v) is 5.83. The molecule has 15 heavy (non-hydrogen) atoms. The second-order valence-electron chi connectivity index (χ2n) is 3.29. The van der Waals surface area contributed by atoms with Gasteiger partial charge in [-0.1, -0.05) is 11.6 Å². The minimum Gasteiger partial charge on any atom is -0.378 e. The molecule has 2 nitrogen and oxygen atoms in total. The molecule has 0 spiro atoms. The molecule has 0 aliphatic carbocycles. The highest BCUT2D eigenvalue weighted by Gasteiger charge is 2.17. The van der Waals surface area contributed by atoms with Gasteiger partial charge in [-0.2, -0.15) is 0 Å². The van der Waals surface area contributed by atoms with Crippen molar-refractivity contribution in [2.45, 2.75) is 0 Å². The Morgan fingerprint density at radius 1 is 1.33 bits per heavy atom. The average molecular weight is 295 g/mol. The van der Waals surface area contributed by atoms with Gasteiger partial charge in [0.1, 0.15) is 5.02 Å². The highest BCUT2D eigenvalue weighted by atomic mass is 79.9. The standard InChI is InChI=1S/C10H10BrClFNO/c11-7-1-2-8(9(12)10(7)13)14-3-5-15-6-4-14/h1-2H,3-6H2. The van der Waals surface area contributed by atoms with Gasteiger partial charge in [0.25, 0.3) is 0 Å². The van der Waals surface area contributed by atoms with Gasteiger partial charge in [0.05, 0.1) is 23.4 Å². The second-order valence-corrected chi connectivity index (χ2v) is 4.53. The summed E-state index contributed by atoms with van der Waals surface area (Å²) in [6.45, 7) is 2.82. The first-order chi connectivity index (χ1) is 7.20. The Bertz CT molecular complexity index is 369. The van der Waals surface area contributed by atoms with Crippen molar-refractivity contribution in [1.82, 2.24) is 0 Å². The van der Waals surface area contributed by atoms with E-state index in [1.54, 1.807) is 6.07 Å². The number of halogens is 3. The van der Waals surface area contributed by atoms with Crippen molar-refractivity contribution in [3.8, 4) is 0 Å². The van der Waals surface area contributed by atoms with E-state index in [1.165, 1.54) is 0 Å². The van der Waals surface area contributed by atoms with E-state index in [0.29, 0.717) is 17.7 Å². The third kappa shape index (κ3) is 2.27. The minimum absolute atomic E-state index is 0.172. The average Bonchev–Trinajstić information content (AvgIpc) is 2.27. The summed E-state index contributed by atoms with van der Waals surface area (Å²) in [6.07, 6.45) is 0. The summed E-state index contributed by atoms with van der Waals surface area (Å²) in [5, 5.41) is 0.172. The van der Waals surface area contributed by atoms with Crippen molar-refractivity contribution in [2.75, 3.05) is 31.2 Å². The molecule has 5 heteroatoms. The van der Waals surface area contributed by atoms with Crippen LogP contribution in [0.2, 0.25) is 5.02 Å². The second kappa shape index (κ2) is 4.68. The van der Waals surface area contributed by atoms with Crippen LogP contribution in [0.5, 0.6) is 0 Å². The van der Waals surface area contributed by atoms with Crippen LogP contribution >= 0.6 is 27.5 Å². The number of hydrogen-bond acceptors (Lipinski definition) is 2. The highest BCUT2D eigenvalue weighted by Crippen LogP contribution is 2.33. The molecule has 0 bridgehead atoms. The molecule has 1 fully saturated rings. The monoisotopic (exact) mass is 293 g/mol. The van der Waals surface area contributed by atoms with E-state index < -0.39 is 5.82 Å². The molecule has 0 amide bonds. The Hall–Kier alpha value is -0.320. The zero-order chi connectivity index (χ0) is 10.8. The van der Waals surface area contributed by atoms with Crippen LogP contribution in [0.1, 0.15) is 0 Å². The molecule has 0 N–H and O–H groups in total. The van der Waals surface area contributed by atoms with Gasteiger partial charge in [-0.3, -0.25) is 0 Å². The third-order valence-corrected chi connectivity index (χ3v) is 3.34. The SMILES string of the molecule is Fc1c(Br)ccc(N2CCOCC2)c1Cl. The minimum atomic E-state index is -0.402. The van der Waals surface area contributed by atoms with Gasteiger partial charge < -0.3 is 9.64 Å². The molecule has 1 aromatic carbocycles. The van der Waals surface area contributed by atoms with Crippen LogP contribution in [-0.2, 0) is 4.74 Å². The topological polar surface area (TPSA) is 12.5 Å². The Morgan fingerprint density at radius 3 is 2.67 bits per heavy atom. The maximum absolute atomic E-state index is 13.5. The number of hydrogen-bond donors (Lipinski definition) is 0. The smallest absolute Gasteiger partial charge is 0.158 e. The summed E-state index contributed by atoms with van der Waals surface area (Å²) in [7, 11) is 0. The number of anilines is 1. The number of ether oxygens (including phenoxy) is 1. The van der Waals surface area contributed by atoms with Crippen LogP contribution in [0.25, 0.3) is 0 Å². The van der Waals surface area contributed by atoms with Crippen molar-refractivity contribution in [1.29, 1.82) is 0 Å². The first kappa shape index (κ1) is 11.2. The van der Waals surface area contributed by atoms with Crippen LogP contribution < -0.4 is 4.90 Å². The van der Waals surface area contributed by atoms with Gasteiger partial charge in [-0.25, -0.2) is 4.39 Å². The van der Waals surface area contributed by atoms with Crippen LogP contribution in [0.15, 0.2) is 16.6 Å². The van der Waals surface area contributed by atoms with E-state index in [4.69, 9.17) is 16.3 Å². The molecule has 1 aliphatic rings. The van der Waals surface area contributed by atoms with E-state index >= 15 is 0 Å². The summed E-state index contributed by atoms with van der Waals surface area (Å²) in [5.41, 5.74) is 0.737. The van der Waals surface area contributed by atoms with E-state index in [1.807, 2.05) is 11.0 Å². The molecule has 0 unspecified atom stereocenters. The van der Waals surface area contributed by atoms with Gasteiger partial charge in [-0.05, 0) is 28.1 Å².